The van der Waals surface area contributed by atoms with Crippen LogP contribution in [0.15, 0.2) is 71.6 Å². The molecule has 0 spiro atoms. The maximum absolute atomic E-state index is 14.4. The Bertz CT molecular complexity index is 1310. The maximum atomic E-state index is 14.4. The molecule has 0 fully saturated rings. The van der Waals surface area contributed by atoms with Gasteiger partial charge in [-0.3, -0.25) is 9.10 Å². The Morgan fingerprint density at radius 1 is 1.00 bits per heavy atom. The van der Waals surface area contributed by atoms with Crippen molar-refractivity contribution in [1.82, 2.24) is 0 Å². The predicted octanol–water partition coefficient (Wildman–Crippen LogP) is 4.17. The van der Waals surface area contributed by atoms with Crippen molar-refractivity contribution >= 4 is 27.3 Å². The summed E-state index contributed by atoms with van der Waals surface area (Å²) in [7, 11) is -3.86. The average Bonchev–Trinajstić information content (AvgIpc) is 3.34. The first-order valence-electron chi connectivity index (χ1n) is 10.2. The normalized spacial score (nSPS) is 17.5. The summed E-state index contributed by atoms with van der Waals surface area (Å²) in [6.45, 7) is 2.24. The fraction of sp³-hybridized carbons (Fsp3) is 0.208. The van der Waals surface area contributed by atoms with Gasteiger partial charge in [0.1, 0.15) is 5.82 Å². The second-order valence-electron chi connectivity index (χ2n) is 7.96. The molecule has 1 amide bonds. The van der Waals surface area contributed by atoms with Gasteiger partial charge in [0.25, 0.3) is 15.9 Å². The highest BCUT2D eigenvalue weighted by molar-refractivity contribution is 7.92. The number of hydrogen-bond donors (Lipinski definition) is 0. The lowest BCUT2D eigenvalue weighted by molar-refractivity contribution is 0.0988. The van der Waals surface area contributed by atoms with E-state index in [9.17, 15) is 17.6 Å². The zero-order valence-corrected chi connectivity index (χ0v) is 17.8. The van der Waals surface area contributed by atoms with Crippen LogP contribution in [0, 0.1) is 5.82 Å². The van der Waals surface area contributed by atoms with Crippen molar-refractivity contribution in [3.63, 3.8) is 0 Å². The summed E-state index contributed by atoms with van der Waals surface area (Å²) in [6, 6.07) is 18.0. The van der Waals surface area contributed by atoms with E-state index in [4.69, 9.17) is 0 Å². The number of rotatable bonds is 3. The van der Waals surface area contributed by atoms with E-state index in [1.54, 1.807) is 30.3 Å². The van der Waals surface area contributed by atoms with Crippen LogP contribution < -0.4 is 9.21 Å². The second kappa shape index (κ2) is 7.20. The zero-order chi connectivity index (χ0) is 21.8. The Morgan fingerprint density at radius 3 is 2.58 bits per heavy atom. The molecule has 0 N–H and O–H groups in total. The lowest BCUT2D eigenvalue weighted by atomic mass is 10.1. The summed E-state index contributed by atoms with van der Waals surface area (Å²) >= 11 is 0. The number of amides is 1. The summed E-state index contributed by atoms with van der Waals surface area (Å²) in [5.41, 5.74) is 2.93. The third-order valence-corrected chi connectivity index (χ3v) is 7.90. The van der Waals surface area contributed by atoms with Crippen LogP contribution in [0.1, 0.15) is 28.4 Å². The van der Waals surface area contributed by atoms with Gasteiger partial charge >= 0.3 is 0 Å². The molecule has 5 nitrogen and oxygen atoms in total. The monoisotopic (exact) mass is 436 g/mol. The van der Waals surface area contributed by atoms with Gasteiger partial charge in [-0.15, -0.1) is 0 Å². The van der Waals surface area contributed by atoms with Crippen LogP contribution in [0.2, 0.25) is 0 Å². The van der Waals surface area contributed by atoms with E-state index in [0.717, 1.165) is 11.1 Å². The molecule has 1 unspecified atom stereocenters. The van der Waals surface area contributed by atoms with Crippen molar-refractivity contribution in [3.05, 3.63) is 89.2 Å². The summed E-state index contributed by atoms with van der Waals surface area (Å²) in [5.74, 6) is -0.856. The number of carbonyl (C=O) groups excluding carboxylic acids is 1. The molecule has 3 aromatic rings. The molecule has 0 aliphatic carbocycles. The number of benzene rings is 3. The molecule has 158 valence electrons. The third-order valence-electron chi connectivity index (χ3n) is 5.97. The van der Waals surface area contributed by atoms with Crippen molar-refractivity contribution in [2.75, 3.05) is 15.7 Å². The maximum Gasteiger partial charge on any atom is 0.264 e. The van der Waals surface area contributed by atoms with Gasteiger partial charge in [0, 0.05) is 18.2 Å². The minimum absolute atomic E-state index is 0.0508. The highest BCUT2D eigenvalue weighted by Crippen LogP contribution is 2.37. The summed E-state index contributed by atoms with van der Waals surface area (Å²) in [5, 5.41) is 0. The second-order valence-corrected chi connectivity index (χ2v) is 9.78. The number of sulfonamides is 1. The van der Waals surface area contributed by atoms with Crippen LogP contribution in [0.25, 0.3) is 0 Å². The lowest BCUT2D eigenvalue weighted by Gasteiger charge is -2.25. The van der Waals surface area contributed by atoms with Gasteiger partial charge in [-0.25, -0.2) is 12.8 Å². The van der Waals surface area contributed by atoms with E-state index in [1.807, 2.05) is 25.1 Å². The van der Waals surface area contributed by atoms with E-state index in [2.05, 4.69) is 0 Å². The van der Waals surface area contributed by atoms with Gasteiger partial charge in [0.05, 0.1) is 16.3 Å². The number of hydrogen-bond acceptors (Lipinski definition) is 3. The quantitative estimate of drug-likeness (QED) is 0.619. The molecule has 2 aliphatic heterocycles. The first-order chi connectivity index (χ1) is 14.9. The molecule has 31 heavy (non-hydrogen) atoms. The Kier molecular flexibility index (Phi) is 4.59. The highest BCUT2D eigenvalue weighted by Gasteiger charge is 2.36. The highest BCUT2D eigenvalue weighted by atomic mass is 32.2. The predicted molar refractivity (Wildman–Crippen MR) is 117 cm³/mol. The molecule has 3 aromatic carbocycles. The molecule has 7 heteroatoms. The number of halogens is 1. The van der Waals surface area contributed by atoms with E-state index < -0.39 is 21.7 Å². The largest absolute Gasteiger partial charge is 0.305 e. The zero-order valence-electron chi connectivity index (χ0n) is 17.0. The minimum atomic E-state index is -3.86. The van der Waals surface area contributed by atoms with Gasteiger partial charge in [0.2, 0.25) is 0 Å². The molecule has 1 atom stereocenters. The smallest absolute Gasteiger partial charge is 0.264 e. The fourth-order valence-electron chi connectivity index (χ4n) is 4.57. The van der Waals surface area contributed by atoms with Crippen molar-refractivity contribution in [2.24, 2.45) is 0 Å². The van der Waals surface area contributed by atoms with Gasteiger partial charge in [-0.2, -0.15) is 0 Å². The molecule has 0 radical (unpaired) electrons. The minimum Gasteiger partial charge on any atom is -0.305 e. The Morgan fingerprint density at radius 2 is 1.74 bits per heavy atom. The molecule has 5 rings (SSSR count). The number of carbonyl (C=O) groups is 1. The van der Waals surface area contributed by atoms with Crippen molar-refractivity contribution < 1.29 is 17.6 Å². The SMILES string of the molecule is CC1Cc2ccccc2N1S(=O)(=O)c1cccc(C(=O)N2CCc3cccc(F)c32)c1. The average molecular weight is 437 g/mol. The van der Waals surface area contributed by atoms with Gasteiger partial charge in [0.15, 0.2) is 0 Å². The number of anilines is 2. The van der Waals surface area contributed by atoms with Crippen LogP contribution in [0.5, 0.6) is 0 Å². The van der Waals surface area contributed by atoms with Gasteiger partial charge < -0.3 is 4.90 Å². The van der Waals surface area contributed by atoms with E-state index >= 15 is 0 Å². The van der Waals surface area contributed by atoms with Crippen LogP contribution in [-0.4, -0.2) is 26.9 Å². The standard InChI is InChI=1S/C24H21FN2O3S/c1-16-14-18-6-2-3-11-22(18)27(16)31(29,30)20-9-4-8-19(15-20)24(28)26-13-12-17-7-5-10-21(25)23(17)26/h2-11,15-16H,12-14H2,1H3. The first kappa shape index (κ1) is 19.8. The Labute approximate surface area is 180 Å². The topological polar surface area (TPSA) is 57.7 Å². The van der Waals surface area contributed by atoms with Crippen LogP contribution in [-0.2, 0) is 22.9 Å². The molecule has 0 aromatic heterocycles. The van der Waals surface area contributed by atoms with Crippen LogP contribution >= 0.6 is 0 Å². The first-order valence-corrected chi connectivity index (χ1v) is 11.6. The molecule has 2 aliphatic rings. The molecule has 2 heterocycles. The Hall–Kier alpha value is -3.19. The third kappa shape index (κ3) is 3.11. The van der Waals surface area contributed by atoms with Crippen LogP contribution in [0.3, 0.4) is 0 Å². The summed E-state index contributed by atoms with van der Waals surface area (Å²) < 4.78 is 42.8. The van der Waals surface area contributed by atoms with E-state index in [0.29, 0.717) is 25.1 Å². The van der Waals surface area contributed by atoms with Crippen molar-refractivity contribution in [3.8, 4) is 0 Å². The molecule has 0 saturated carbocycles. The lowest BCUT2D eigenvalue weighted by Crippen LogP contribution is -2.36. The van der Waals surface area contributed by atoms with E-state index in [-0.39, 0.29) is 22.2 Å². The molecular weight excluding hydrogens is 415 g/mol. The Balaban J connectivity index is 1.51. The van der Waals surface area contributed by atoms with E-state index in [1.165, 1.54) is 27.4 Å². The summed E-state index contributed by atoms with van der Waals surface area (Å²) in [4.78, 5) is 14.6. The number of nitrogens with zero attached hydrogens (tertiary/aromatic N) is 2. The molecule has 0 saturated heterocycles. The molecular formula is C24H21FN2O3S. The fourth-order valence-corrected chi connectivity index (χ4v) is 6.31. The van der Waals surface area contributed by atoms with Gasteiger partial charge in [-0.05, 0) is 61.2 Å². The number of fused-ring (bicyclic) bond motifs is 2. The van der Waals surface area contributed by atoms with Crippen molar-refractivity contribution in [1.29, 1.82) is 0 Å². The number of para-hydroxylation sites is 2. The molecule has 0 bridgehead atoms. The van der Waals surface area contributed by atoms with Crippen molar-refractivity contribution in [2.45, 2.75) is 30.7 Å². The van der Waals surface area contributed by atoms with Gasteiger partial charge in [-0.1, -0.05) is 36.4 Å². The summed E-state index contributed by atoms with van der Waals surface area (Å²) in [6.07, 6.45) is 1.21. The van der Waals surface area contributed by atoms with Crippen LogP contribution in [0.4, 0.5) is 15.8 Å².